The van der Waals surface area contributed by atoms with Crippen LogP contribution in [0.2, 0.25) is 0 Å². The van der Waals surface area contributed by atoms with Crippen molar-refractivity contribution >= 4 is 5.95 Å². The topological polar surface area (TPSA) is 87.0 Å². The van der Waals surface area contributed by atoms with Gasteiger partial charge in [-0.15, -0.1) is 0 Å². The van der Waals surface area contributed by atoms with Gasteiger partial charge >= 0.3 is 0 Å². The summed E-state index contributed by atoms with van der Waals surface area (Å²) in [6.07, 6.45) is 1.56. The van der Waals surface area contributed by atoms with Crippen LogP contribution in [-0.4, -0.2) is 9.97 Å². The minimum Gasteiger partial charge on any atom is -0.454 e. The van der Waals surface area contributed by atoms with E-state index in [1.54, 1.807) is 6.20 Å². The number of aryl methyl sites for hydroxylation is 1. The molecule has 0 unspecified atom stereocenters. The lowest BCUT2D eigenvalue weighted by Gasteiger charge is -2.08. The van der Waals surface area contributed by atoms with Gasteiger partial charge in [0.25, 0.3) is 0 Å². The number of benzene rings is 1. The van der Waals surface area contributed by atoms with Crippen LogP contribution in [0.25, 0.3) is 0 Å². The van der Waals surface area contributed by atoms with Crippen molar-refractivity contribution < 1.29 is 4.74 Å². The molecule has 5 nitrogen and oxygen atoms in total. The lowest BCUT2D eigenvalue weighted by atomic mass is 10.2. The summed E-state index contributed by atoms with van der Waals surface area (Å²) in [5.41, 5.74) is 12.8. The van der Waals surface area contributed by atoms with Gasteiger partial charge in [-0.3, -0.25) is 0 Å². The molecule has 0 radical (unpaired) electrons. The number of nitrogen functional groups attached to an aromatic ring is 1. The van der Waals surface area contributed by atoms with E-state index in [1.807, 2.05) is 31.2 Å². The zero-order valence-electron chi connectivity index (χ0n) is 9.55. The molecule has 2 rings (SSSR count). The van der Waals surface area contributed by atoms with Crippen LogP contribution in [0.1, 0.15) is 11.3 Å². The Labute approximate surface area is 99.5 Å². The molecular formula is C12H14N4O. The summed E-state index contributed by atoms with van der Waals surface area (Å²) in [6, 6.07) is 7.58. The van der Waals surface area contributed by atoms with E-state index in [0.717, 1.165) is 5.56 Å². The molecule has 0 saturated heterocycles. The van der Waals surface area contributed by atoms with Crippen molar-refractivity contribution in [3.8, 4) is 11.5 Å². The van der Waals surface area contributed by atoms with Crippen LogP contribution in [0.3, 0.4) is 0 Å². The van der Waals surface area contributed by atoms with Gasteiger partial charge in [-0.1, -0.05) is 12.1 Å². The van der Waals surface area contributed by atoms with Crippen LogP contribution in [0, 0.1) is 6.92 Å². The van der Waals surface area contributed by atoms with Gasteiger partial charge in [-0.05, 0) is 24.6 Å². The van der Waals surface area contributed by atoms with Gasteiger partial charge in [-0.2, -0.15) is 0 Å². The third-order valence-electron chi connectivity index (χ3n) is 2.31. The van der Waals surface area contributed by atoms with Gasteiger partial charge in [0.1, 0.15) is 5.75 Å². The molecule has 0 atom stereocenters. The number of hydrogen-bond acceptors (Lipinski definition) is 5. The Balaban J connectivity index is 2.25. The minimum atomic E-state index is 0.241. The first-order chi connectivity index (χ1) is 8.19. The Bertz CT molecular complexity index is 528. The van der Waals surface area contributed by atoms with Crippen molar-refractivity contribution in [1.82, 2.24) is 9.97 Å². The molecular weight excluding hydrogens is 216 g/mol. The average Bonchev–Trinajstić information content (AvgIpc) is 2.33. The number of rotatable bonds is 3. The quantitative estimate of drug-likeness (QED) is 0.836. The predicted octanol–water partition coefficient (Wildman–Crippen LogP) is 1.62. The predicted molar refractivity (Wildman–Crippen MR) is 65.6 cm³/mol. The molecule has 0 aliphatic carbocycles. The maximum Gasteiger partial charge on any atom is 0.220 e. The summed E-state index contributed by atoms with van der Waals surface area (Å²) in [6.45, 7) is 2.30. The molecule has 88 valence electrons. The highest BCUT2D eigenvalue weighted by Crippen LogP contribution is 2.23. The molecule has 0 fully saturated rings. The van der Waals surface area contributed by atoms with E-state index in [-0.39, 0.29) is 5.95 Å². The van der Waals surface area contributed by atoms with Crippen LogP contribution in [0.5, 0.6) is 11.5 Å². The molecule has 1 heterocycles. The highest BCUT2D eigenvalue weighted by molar-refractivity contribution is 5.36. The van der Waals surface area contributed by atoms with E-state index in [4.69, 9.17) is 16.2 Å². The van der Waals surface area contributed by atoms with Crippen molar-refractivity contribution in [2.75, 3.05) is 5.73 Å². The number of nitrogens with two attached hydrogens (primary N) is 2. The van der Waals surface area contributed by atoms with Crippen molar-refractivity contribution in [3.63, 3.8) is 0 Å². The van der Waals surface area contributed by atoms with Gasteiger partial charge in [0.2, 0.25) is 5.95 Å². The van der Waals surface area contributed by atoms with Crippen LogP contribution in [0.15, 0.2) is 30.5 Å². The van der Waals surface area contributed by atoms with Crippen LogP contribution in [-0.2, 0) is 6.54 Å². The van der Waals surface area contributed by atoms with E-state index in [9.17, 15) is 0 Å². The minimum absolute atomic E-state index is 0.241. The van der Waals surface area contributed by atoms with E-state index < -0.39 is 0 Å². The third kappa shape index (κ3) is 2.70. The van der Waals surface area contributed by atoms with E-state index in [1.165, 1.54) is 0 Å². The lowest BCUT2D eigenvalue weighted by molar-refractivity contribution is 0.472. The zero-order valence-corrected chi connectivity index (χ0v) is 9.55. The summed E-state index contributed by atoms with van der Waals surface area (Å²) in [4.78, 5) is 7.92. The summed E-state index contributed by atoms with van der Waals surface area (Å²) in [5, 5.41) is 0. The van der Waals surface area contributed by atoms with Crippen molar-refractivity contribution in [2.24, 2.45) is 5.73 Å². The fourth-order valence-electron chi connectivity index (χ4n) is 1.44. The van der Waals surface area contributed by atoms with Crippen molar-refractivity contribution in [2.45, 2.75) is 13.5 Å². The van der Waals surface area contributed by atoms with Crippen LogP contribution < -0.4 is 16.2 Å². The fourth-order valence-corrected chi connectivity index (χ4v) is 1.44. The Morgan fingerprint density at radius 2 is 2.18 bits per heavy atom. The normalized spacial score (nSPS) is 10.2. The Morgan fingerprint density at radius 1 is 1.35 bits per heavy atom. The highest BCUT2D eigenvalue weighted by atomic mass is 16.5. The number of ether oxygens (including phenoxy) is 1. The number of aromatic nitrogens is 2. The van der Waals surface area contributed by atoms with Gasteiger partial charge in [0, 0.05) is 6.54 Å². The molecule has 4 N–H and O–H groups in total. The van der Waals surface area contributed by atoms with E-state index >= 15 is 0 Å². The first-order valence-electron chi connectivity index (χ1n) is 5.25. The first-order valence-corrected chi connectivity index (χ1v) is 5.25. The fraction of sp³-hybridized carbons (Fsp3) is 0.167. The van der Waals surface area contributed by atoms with Gasteiger partial charge in [0.15, 0.2) is 5.75 Å². The van der Waals surface area contributed by atoms with Gasteiger partial charge in [-0.25, -0.2) is 9.97 Å². The molecule has 2 aromatic rings. The Kier molecular flexibility index (Phi) is 3.20. The second-order valence-corrected chi connectivity index (χ2v) is 3.63. The molecule has 0 spiro atoms. The Hall–Kier alpha value is -2.14. The molecule has 0 aliphatic rings. The molecule has 0 bridgehead atoms. The SMILES string of the molecule is Cc1nc(N)ncc1Oc1cccc(CN)c1. The highest BCUT2D eigenvalue weighted by Gasteiger charge is 2.04. The molecule has 1 aromatic carbocycles. The van der Waals surface area contributed by atoms with Gasteiger partial charge < -0.3 is 16.2 Å². The van der Waals surface area contributed by atoms with Crippen molar-refractivity contribution in [3.05, 3.63) is 41.7 Å². The smallest absolute Gasteiger partial charge is 0.220 e. The van der Waals surface area contributed by atoms with Crippen molar-refractivity contribution in [1.29, 1.82) is 0 Å². The molecule has 0 amide bonds. The van der Waals surface area contributed by atoms with E-state index in [2.05, 4.69) is 9.97 Å². The standard InChI is InChI=1S/C12H14N4O/c1-8-11(7-15-12(14)16-8)17-10-4-2-3-9(5-10)6-13/h2-5,7H,6,13H2,1H3,(H2,14,15,16). The third-order valence-corrected chi connectivity index (χ3v) is 2.31. The molecule has 17 heavy (non-hydrogen) atoms. The number of nitrogens with zero attached hydrogens (tertiary/aromatic N) is 2. The maximum absolute atomic E-state index is 5.67. The second kappa shape index (κ2) is 4.80. The van der Waals surface area contributed by atoms with E-state index in [0.29, 0.717) is 23.7 Å². The molecule has 0 aliphatic heterocycles. The molecule has 5 heteroatoms. The molecule has 0 saturated carbocycles. The average molecular weight is 230 g/mol. The Morgan fingerprint density at radius 3 is 2.88 bits per heavy atom. The first kappa shape index (κ1) is 11.3. The second-order valence-electron chi connectivity index (χ2n) is 3.63. The lowest BCUT2D eigenvalue weighted by Crippen LogP contribution is -1.99. The number of hydrogen-bond donors (Lipinski definition) is 2. The monoisotopic (exact) mass is 230 g/mol. The van der Waals surface area contributed by atoms with Crippen LogP contribution >= 0.6 is 0 Å². The summed E-state index contributed by atoms with van der Waals surface area (Å²) >= 11 is 0. The summed E-state index contributed by atoms with van der Waals surface area (Å²) < 4.78 is 5.67. The van der Waals surface area contributed by atoms with Gasteiger partial charge in [0.05, 0.1) is 11.9 Å². The molecule has 1 aromatic heterocycles. The largest absolute Gasteiger partial charge is 0.454 e. The summed E-state index contributed by atoms with van der Waals surface area (Å²) in [5.74, 6) is 1.54. The van der Waals surface area contributed by atoms with Crippen LogP contribution in [0.4, 0.5) is 5.95 Å². The summed E-state index contributed by atoms with van der Waals surface area (Å²) in [7, 11) is 0. The maximum atomic E-state index is 5.67. The zero-order chi connectivity index (χ0) is 12.3. The number of anilines is 1.